The lowest BCUT2D eigenvalue weighted by molar-refractivity contribution is -0.332. The molecule has 2 atom stereocenters. The highest BCUT2D eigenvalue weighted by atomic mass is 17.2. The summed E-state index contributed by atoms with van der Waals surface area (Å²) in [6, 6.07) is 9.27. The molecule has 1 aromatic carbocycles. The Labute approximate surface area is 165 Å². The number of carbonyl (C=O) groups excluding carboxylic acids is 1. The maximum absolute atomic E-state index is 11.8. The smallest absolute Gasteiger partial charge is 0.450 e. The van der Waals surface area contributed by atoms with Crippen LogP contribution in [0.3, 0.4) is 0 Å². The zero-order valence-corrected chi connectivity index (χ0v) is 17.3. The highest BCUT2D eigenvalue weighted by Crippen LogP contribution is 2.25. The van der Waals surface area contributed by atoms with E-state index in [9.17, 15) is 9.59 Å². The predicted molar refractivity (Wildman–Crippen MR) is 102 cm³/mol. The molecule has 1 N–H and O–H groups in total. The number of ether oxygens (including phenoxy) is 3. The van der Waals surface area contributed by atoms with Crippen molar-refractivity contribution in [3.8, 4) is 0 Å². The Kier molecular flexibility index (Phi) is 11.6. The summed E-state index contributed by atoms with van der Waals surface area (Å²) in [7, 11) is 0. The number of benzene rings is 1. The molecule has 0 heterocycles. The van der Waals surface area contributed by atoms with E-state index >= 15 is 0 Å². The monoisotopic (exact) mass is 398 g/mol. The van der Waals surface area contributed by atoms with Crippen molar-refractivity contribution in [2.75, 3.05) is 0 Å². The third kappa shape index (κ3) is 10.5. The summed E-state index contributed by atoms with van der Waals surface area (Å²) < 4.78 is 14.2. The molecule has 0 amide bonds. The molecule has 0 bridgehead atoms. The van der Waals surface area contributed by atoms with Gasteiger partial charge in [-0.2, -0.15) is 4.89 Å². The molecule has 2 unspecified atom stereocenters. The highest BCUT2D eigenvalue weighted by molar-refractivity contribution is 5.85. The third-order valence-corrected chi connectivity index (χ3v) is 2.97. The van der Waals surface area contributed by atoms with Gasteiger partial charge in [-0.1, -0.05) is 50.6 Å². The molecule has 8 nitrogen and oxygen atoms in total. The summed E-state index contributed by atoms with van der Waals surface area (Å²) in [5, 5.41) is 8.45. The number of hydrogen-bond donors (Lipinski definition) is 1. The summed E-state index contributed by atoms with van der Waals surface area (Å²) in [5.74, 6) is -1.30. The second-order valence-electron chi connectivity index (χ2n) is 6.23. The average Bonchev–Trinajstić information content (AvgIpc) is 2.60. The van der Waals surface area contributed by atoms with Gasteiger partial charge in [0.1, 0.15) is 5.60 Å². The van der Waals surface area contributed by atoms with Crippen LogP contribution in [-0.2, 0) is 34.4 Å². The molecular formula is C20H30O8. The van der Waals surface area contributed by atoms with E-state index < -0.39 is 30.3 Å². The van der Waals surface area contributed by atoms with E-state index in [1.165, 1.54) is 20.3 Å². The number of rotatable bonds is 9. The van der Waals surface area contributed by atoms with Gasteiger partial charge in [-0.15, -0.1) is 0 Å². The normalized spacial score (nSPS) is 12.6. The Morgan fingerprint density at radius 2 is 1.57 bits per heavy atom. The van der Waals surface area contributed by atoms with Crippen LogP contribution in [-0.4, -0.2) is 29.8 Å². The van der Waals surface area contributed by atoms with Crippen LogP contribution in [0.15, 0.2) is 42.7 Å². The molecule has 0 aliphatic rings. The lowest BCUT2D eigenvalue weighted by atomic mass is 9.99. The van der Waals surface area contributed by atoms with Gasteiger partial charge < -0.3 is 24.2 Å². The van der Waals surface area contributed by atoms with Crippen molar-refractivity contribution in [3.63, 3.8) is 0 Å². The zero-order chi connectivity index (χ0) is 21.7. The highest BCUT2D eigenvalue weighted by Gasteiger charge is 2.26. The molecule has 8 heteroatoms. The van der Waals surface area contributed by atoms with Gasteiger partial charge in [-0.3, -0.25) is 0 Å². The second-order valence-corrected chi connectivity index (χ2v) is 6.23. The van der Waals surface area contributed by atoms with Crippen LogP contribution >= 0.6 is 0 Å². The van der Waals surface area contributed by atoms with Gasteiger partial charge in [-0.25, -0.2) is 9.59 Å². The van der Waals surface area contributed by atoms with Crippen LogP contribution in [0.2, 0.25) is 0 Å². The minimum absolute atomic E-state index is 0.383. The molecule has 158 valence electrons. The summed E-state index contributed by atoms with van der Waals surface area (Å²) in [6.07, 6.45) is -2.44. The van der Waals surface area contributed by atoms with Crippen molar-refractivity contribution in [1.29, 1.82) is 0 Å². The van der Waals surface area contributed by atoms with Crippen molar-refractivity contribution in [2.45, 2.75) is 66.1 Å². The molecule has 0 fully saturated rings. The number of carbonyl (C=O) groups is 2. The Morgan fingerprint density at radius 3 is 2.07 bits per heavy atom. The van der Waals surface area contributed by atoms with E-state index in [-0.39, 0.29) is 5.76 Å². The van der Waals surface area contributed by atoms with Gasteiger partial charge in [0.05, 0.1) is 0 Å². The number of hydrogen-bond acceptors (Lipinski definition) is 7. The first-order chi connectivity index (χ1) is 13.0. The van der Waals surface area contributed by atoms with Crippen molar-refractivity contribution in [1.82, 2.24) is 0 Å². The number of carboxylic acid groups (broad SMARTS) is 1. The van der Waals surface area contributed by atoms with Crippen LogP contribution in [0.4, 0.5) is 4.79 Å². The van der Waals surface area contributed by atoms with Crippen molar-refractivity contribution in [3.05, 3.63) is 48.2 Å². The van der Waals surface area contributed by atoms with E-state index in [1.807, 2.05) is 30.3 Å². The van der Waals surface area contributed by atoms with E-state index in [0.29, 0.717) is 0 Å². The molecule has 1 aromatic rings. The minimum Gasteiger partial charge on any atom is -0.450 e. The average molecular weight is 398 g/mol. The molecule has 0 radical (unpaired) electrons. The predicted octanol–water partition coefficient (Wildman–Crippen LogP) is 4.75. The van der Waals surface area contributed by atoms with E-state index in [0.717, 1.165) is 5.56 Å². The molecule has 0 saturated carbocycles. The SMILES string of the molecule is C=C(OOC(C)(C)c1ccccc1)C(=O)OC(C)OC(C)OC(=O)O.CCC. The molecule has 0 spiro atoms. The molecule has 0 aromatic heterocycles. The maximum atomic E-state index is 11.8. The fraction of sp³-hybridized carbons (Fsp3) is 0.500. The summed E-state index contributed by atoms with van der Waals surface area (Å²) in [5.41, 5.74) is 0.0173. The van der Waals surface area contributed by atoms with Crippen molar-refractivity contribution in [2.24, 2.45) is 0 Å². The molecular weight excluding hydrogens is 368 g/mol. The Hall–Kier alpha value is -2.58. The van der Waals surface area contributed by atoms with E-state index in [2.05, 4.69) is 25.2 Å². The molecule has 0 aliphatic heterocycles. The summed E-state index contributed by atoms with van der Waals surface area (Å²) in [4.78, 5) is 32.4. The Bertz CT molecular complexity index is 612. The first-order valence-electron chi connectivity index (χ1n) is 8.89. The lowest BCUT2D eigenvalue weighted by Gasteiger charge is -2.24. The Morgan fingerprint density at radius 1 is 1.07 bits per heavy atom. The van der Waals surface area contributed by atoms with Gasteiger partial charge in [0.2, 0.25) is 18.3 Å². The molecule has 28 heavy (non-hydrogen) atoms. The summed E-state index contributed by atoms with van der Waals surface area (Å²) >= 11 is 0. The zero-order valence-electron chi connectivity index (χ0n) is 17.3. The fourth-order valence-electron chi connectivity index (χ4n) is 1.76. The van der Waals surface area contributed by atoms with E-state index in [4.69, 9.17) is 24.4 Å². The Balaban J connectivity index is 0.00000227. The lowest BCUT2D eigenvalue weighted by Crippen LogP contribution is -2.28. The maximum Gasteiger partial charge on any atom is 0.508 e. The van der Waals surface area contributed by atoms with Crippen molar-refractivity contribution >= 4 is 12.1 Å². The van der Waals surface area contributed by atoms with Crippen LogP contribution in [0.1, 0.15) is 53.5 Å². The standard InChI is InChI=1S/C17H22O8.C3H8/c1-11(15(18)22-12(2)21-13(3)23-16(19)20)24-25-17(4,5)14-9-7-6-8-10-14;1-3-2/h6-10,12-13H,1H2,2-5H3,(H,19,20);3H2,1-2H3. The minimum atomic E-state index is -1.50. The van der Waals surface area contributed by atoms with E-state index in [1.54, 1.807) is 13.8 Å². The molecule has 1 rings (SSSR count). The van der Waals surface area contributed by atoms with Gasteiger partial charge >= 0.3 is 12.1 Å². The summed E-state index contributed by atoms with van der Waals surface area (Å²) in [6.45, 7) is 13.9. The quantitative estimate of drug-likeness (QED) is 0.159. The van der Waals surface area contributed by atoms with Crippen LogP contribution < -0.4 is 0 Å². The van der Waals surface area contributed by atoms with Gasteiger partial charge in [0.25, 0.3) is 0 Å². The first kappa shape index (κ1) is 25.4. The van der Waals surface area contributed by atoms with Crippen LogP contribution in [0.25, 0.3) is 0 Å². The van der Waals surface area contributed by atoms with Crippen molar-refractivity contribution < 1.29 is 38.7 Å². The van der Waals surface area contributed by atoms with Crippen LogP contribution in [0, 0.1) is 0 Å². The number of esters is 1. The molecule has 0 saturated heterocycles. The first-order valence-corrected chi connectivity index (χ1v) is 8.89. The third-order valence-electron chi connectivity index (χ3n) is 2.97. The van der Waals surface area contributed by atoms with Crippen LogP contribution in [0.5, 0.6) is 0 Å². The van der Waals surface area contributed by atoms with Gasteiger partial charge in [0.15, 0.2) is 0 Å². The second kappa shape index (κ2) is 12.7. The fourth-order valence-corrected chi connectivity index (χ4v) is 1.76. The molecule has 0 aliphatic carbocycles. The van der Waals surface area contributed by atoms with Gasteiger partial charge in [0, 0.05) is 0 Å². The largest absolute Gasteiger partial charge is 0.508 e. The van der Waals surface area contributed by atoms with Gasteiger partial charge in [-0.05, 0) is 39.8 Å². The topological polar surface area (TPSA) is 101 Å².